The van der Waals surface area contributed by atoms with E-state index in [-0.39, 0.29) is 25.1 Å². The fraction of sp³-hybridized carbons (Fsp3) is 0.529. The molecule has 0 aromatic heterocycles. The topological polar surface area (TPSA) is 70.1 Å². The lowest BCUT2D eigenvalue weighted by atomic mass is 10.1. The van der Waals surface area contributed by atoms with E-state index in [1.807, 2.05) is 41.1 Å². The van der Waals surface area contributed by atoms with Crippen molar-refractivity contribution in [3.8, 4) is 5.75 Å². The number of ether oxygens (including phenoxy) is 1. The van der Waals surface area contributed by atoms with Gasteiger partial charge in [0.15, 0.2) is 6.61 Å². The second-order valence-electron chi connectivity index (χ2n) is 6.02. The normalized spacial score (nSPS) is 18.3. The monoisotopic (exact) mass is 398 g/mol. The highest BCUT2D eigenvalue weighted by atomic mass is 79.9. The van der Waals surface area contributed by atoms with Crippen molar-refractivity contribution in [2.24, 2.45) is 0 Å². The van der Waals surface area contributed by atoms with Crippen molar-refractivity contribution in [2.45, 2.75) is 25.3 Å². The first-order valence-corrected chi connectivity index (χ1v) is 8.83. The van der Waals surface area contributed by atoms with Gasteiger partial charge in [0.2, 0.25) is 0 Å². The van der Waals surface area contributed by atoms with Crippen LogP contribution in [0.1, 0.15) is 19.3 Å². The summed E-state index contributed by atoms with van der Waals surface area (Å²) in [6.45, 7) is 1.38. The summed E-state index contributed by atoms with van der Waals surface area (Å²) in [5, 5.41) is 8.90. The maximum Gasteiger partial charge on any atom is 0.317 e. The van der Waals surface area contributed by atoms with Crippen molar-refractivity contribution < 1.29 is 19.4 Å². The van der Waals surface area contributed by atoms with Gasteiger partial charge in [-0.2, -0.15) is 0 Å². The van der Waals surface area contributed by atoms with Crippen LogP contribution in [0.2, 0.25) is 0 Å². The van der Waals surface area contributed by atoms with Crippen LogP contribution in [0.25, 0.3) is 0 Å². The van der Waals surface area contributed by atoms with Crippen molar-refractivity contribution in [2.75, 3.05) is 33.3 Å². The summed E-state index contributed by atoms with van der Waals surface area (Å²) in [7, 11) is 1.83. The lowest BCUT2D eigenvalue weighted by Crippen LogP contribution is -2.38. The molecule has 6 nitrogen and oxygen atoms in total. The van der Waals surface area contributed by atoms with Gasteiger partial charge in [0.05, 0.1) is 6.54 Å². The first kappa shape index (κ1) is 18.7. The molecule has 0 bridgehead atoms. The molecule has 0 radical (unpaired) electrons. The quantitative estimate of drug-likeness (QED) is 0.795. The average molecular weight is 399 g/mol. The summed E-state index contributed by atoms with van der Waals surface area (Å²) in [5.41, 5.74) is 0. The molecule has 1 atom stereocenters. The molecule has 7 heteroatoms. The van der Waals surface area contributed by atoms with Crippen LogP contribution in [0.4, 0.5) is 0 Å². The minimum atomic E-state index is -0.822. The second kappa shape index (κ2) is 9.03. The first-order chi connectivity index (χ1) is 11.5. The Morgan fingerprint density at radius 2 is 2.17 bits per heavy atom. The van der Waals surface area contributed by atoms with Crippen LogP contribution in [0, 0.1) is 0 Å². The molecule has 0 saturated carbocycles. The highest BCUT2D eigenvalue weighted by molar-refractivity contribution is 9.10. The Kier molecular flexibility index (Phi) is 7.05. The lowest BCUT2D eigenvalue weighted by Gasteiger charge is -2.25. The fourth-order valence-electron chi connectivity index (χ4n) is 2.90. The zero-order valence-electron chi connectivity index (χ0n) is 13.8. The van der Waals surface area contributed by atoms with Gasteiger partial charge in [-0.25, -0.2) is 0 Å². The summed E-state index contributed by atoms with van der Waals surface area (Å²) < 4.78 is 6.47. The number of rotatable bonds is 6. The van der Waals surface area contributed by atoms with Crippen LogP contribution in [0.3, 0.4) is 0 Å². The molecule has 24 heavy (non-hydrogen) atoms. The van der Waals surface area contributed by atoms with Gasteiger partial charge >= 0.3 is 5.97 Å². The van der Waals surface area contributed by atoms with Crippen molar-refractivity contribution >= 4 is 27.8 Å². The molecule has 1 aromatic rings. The Hall–Kier alpha value is -1.60. The predicted octanol–water partition coefficient (Wildman–Crippen LogP) is 2.23. The van der Waals surface area contributed by atoms with E-state index in [2.05, 4.69) is 15.9 Å². The van der Waals surface area contributed by atoms with Gasteiger partial charge in [-0.1, -0.05) is 22.0 Å². The van der Waals surface area contributed by atoms with Gasteiger partial charge in [-0.05, 0) is 44.5 Å². The van der Waals surface area contributed by atoms with Crippen molar-refractivity contribution in [3.63, 3.8) is 0 Å². The number of benzene rings is 1. The summed E-state index contributed by atoms with van der Waals surface area (Å²) in [4.78, 5) is 26.8. The van der Waals surface area contributed by atoms with Crippen LogP contribution in [0.5, 0.6) is 5.75 Å². The van der Waals surface area contributed by atoms with E-state index in [4.69, 9.17) is 9.84 Å². The number of aliphatic carboxylic acids is 1. The molecule has 132 valence electrons. The highest BCUT2D eigenvalue weighted by Gasteiger charge is 2.24. The Labute approximate surface area is 150 Å². The van der Waals surface area contributed by atoms with Crippen LogP contribution >= 0.6 is 15.9 Å². The maximum absolute atomic E-state index is 12.3. The molecule has 1 amide bonds. The summed E-state index contributed by atoms with van der Waals surface area (Å²) >= 11 is 3.37. The van der Waals surface area contributed by atoms with Gasteiger partial charge in [0.1, 0.15) is 5.75 Å². The number of halogens is 1. The smallest absolute Gasteiger partial charge is 0.317 e. The standard InChI is InChI=1S/C17H23BrN2O4/c1-19(11-17(22)23)14-5-3-8-20(9-7-14)16(21)12-24-15-6-2-4-13(18)10-15/h2,4,6,10,14H,3,5,7-9,11-12H2,1H3,(H,22,23)/t14-/m0/s1. The SMILES string of the molecule is CN(CC(=O)O)[C@H]1CCCN(C(=O)COc2cccc(Br)c2)CC1. The van der Waals surface area contributed by atoms with E-state index >= 15 is 0 Å². The predicted molar refractivity (Wildman–Crippen MR) is 94.1 cm³/mol. The molecule has 0 aliphatic carbocycles. The molecular weight excluding hydrogens is 376 g/mol. The van der Waals surface area contributed by atoms with Gasteiger partial charge < -0.3 is 14.7 Å². The van der Waals surface area contributed by atoms with Gasteiger partial charge in [-0.15, -0.1) is 0 Å². The van der Waals surface area contributed by atoms with Crippen LogP contribution in [-0.4, -0.2) is 66.1 Å². The molecule has 1 fully saturated rings. The summed E-state index contributed by atoms with van der Waals surface area (Å²) in [6, 6.07) is 7.60. The molecule has 1 aliphatic rings. The summed E-state index contributed by atoms with van der Waals surface area (Å²) in [5.74, 6) is -0.194. The Morgan fingerprint density at radius 1 is 1.38 bits per heavy atom. The zero-order chi connectivity index (χ0) is 17.5. The third-order valence-corrected chi connectivity index (χ3v) is 4.71. The van der Waals surface area contributed by atoms with Crippen LogP contribution in [0.15, 0.2) is 28.7 Å². The Morgan fingerprint density at radius 3 is 2.88 bits per heavy atom. The van der Waals surface area contributed by atoms with E-state index in [0.717, 1.165) is 23.7 Å². The van der Waals surface area contributed by atoms with Crippen molar-refractivity contribution in [1.82, 2.24) is 9.80 Å². The lowest BCUT2D eigenvalue weighted by molar-refractivity contribution is -0.138. The molecule has 1 heterocycles. The Balaban J connectivity index is 1.82. The average Bonchev–Trinajstić information content (AvgIpc) is 2.78. The third-order valence-electron chi connectivity index (χ3n) is 4.22. The number of carboxylic acids is 1. The molecule has 1 saturated heterocycles. The Bertz CT molecular complexity index is 581. The number of carbonyl (C=O) groups excluding carboxylic acids is 1. The molecular formula is C17H23BrN2O4. The van der Waals surface area contributed by atoms with E-state index in [0.29, 0.717) is 18.8 Å². The number of hydrogen-bond acceptors (Lipinski definition) is 4. The maximum atomic E-state index is 12.3. The van der Waals surface area contributed by atoms with Gasteiger partial charge in [0, 0.05) is 23.6 Å². The van der Waals surface area contributed by atoms with E-state index < -0.39 is 5.97 Å². The van der Waals surface area contributed by atoms with Crippen LogP contribution in [-0.2, 0) is 9.59 Å². The molecule has 2 rings (SSSR count). The molecule has 1 aliphatic heterocycles. The third kappa shape index (κ3) is 5.79. The van der Waals surface area contributed by atoms with E-state index in [1.165, 1.54) is 0 Å². The molecule has 0 spiro atoms. The number of likely N-dealkylation sites (N-methyl/N-ethyl adjacent to an activating group) is 1. The number of nitrogens with zero attached hydrogens (tertiary/aromatic N) is 2. The number of hydrogen-bond donors (Lipinski definition) is 1. The van der Waals surface area contributed by atoms with Gasteiger partial charge in [0.25, 0.3) is 5.91 Å². The molecule has 1 N–H and O–H groups in total. The van der Waals surface area contributed by atoms with Crippen LogP contribution < -0.4 is 4.74 Å². The second-order valence-corrected chi connectivity index (χ2v) is 6.94. The largest absolute Gasteiger partial charge is 0.484 e. The fourth-order valence-corrected chi connectivity index (χ4v) is 3.28. The summed E-state index contributed by atoms with van der Waals surface area (Å²) in [6.07, 6.45) is 2.56. The number of likely N-dealkylation sites (tertiary alicyclic amines) is 1. The zero-order valence-corrected chi connectivity index (χ0v) is 15.4. The highest BCUT2D eigenvalue weighted by Crippen LogP contribution is 2.19. The molecule has 1 aromatic carbocycles. The minimum Gasteiger partial charge on any atom is -0.484 e. The number of amides is 1. The molecule has 0 unspecified atom stereocenters. The number of carboxylic acid groups (broad SMARTS) is 1. The van der Waals surface area contributed by atoms with E-state index in [1.54, 1.807) is 0 Å². The minimum absolute atomic E-state index is 0.0199. The number of carbonyl (C=O) groups is 2. The van der Waals surface area contributed by atoms with Gasteiger partial charge in [-0.3, -0.25) is 14.5 Å². The van der Waals surface area contributed by atoms with Crippen molar-refractivity contribution in [3.05, 3.63) is 28.7 Å². The first-order valence-electron chi connectivity index (χ1n) is 8.04. The van der Waals surface area contributed by atoms with E-state index in [9.17, 15) is 9.59 Å². The van der Waals surface area contributed by atoms with Crippen molar-refractivity contribution in [1.29, 1.82) is 0 Å².